The van der Waals surface area contributed by atoms with Crippen molar-refractivity contribution in [2.24, 2.45) is 0 Å². The number of amides is 3. The van der Waals surface area contributed by atoms with Crippen LogP contribution in [-0.4, -0.2) is 59.2 Å². The Hall–Kier alpha value is -2.21. The van der Waals surface area contributed by atoms with Crippen molar-refractivity contribution in [3.8, 4) is 0 Å². The van der Waals surface area contributed by atoms with Crippen LogP contribution in [-0.2, 0) is 4.79 Å². The number of imide groups is 1. The first-order chi connectivity index (χ1) is 11.0. The number of likely N-dealkylation sites (tertiary alicyclic amines) is 1. The van der Waals surface area contributed by atoms with E-state index in [1.807, 2.05) is 0 Å². The highest BCUT2D eigenvalue weighted by molar-refractivity contribution is 6.22. The van der Waals surface area contributed by atoms with E-state index in [9.17, 15) is 14.4 Å². The van der Waals surface area contributed by atoms with E-state index in [1.54, 1.807) is 24.3 Å². The highest BCUT2D eigenvalue weighted by Crippen LogP contribution is 2.22. The zero-order valence-electron chi connectivity index (χ0n) is 13.4. The Labute approximate surface area is 135 Å². The SMILES string of the molecule is CC(C)N1CCC(NC(=O)CN2C(=O)c3ccccc3C2=O)C1. The van der Waals surface area contributed by atoms with Crippen molar-refractivity contribution in [2.75, 3.05) is 19.6 Å². The summed E-state index contributed by atoms with van der Waals surface area (Å²) in [4.78, 5) is 40.0. The smallest absolute Gasteiger partial charge is 0.262 e. The third-order valence-corrected chi connectivity index (χ3v) is 4.49. The van der Waals surface area contributed by atoms with Crippen LogP contribution in [0.15, 0.2) is 24.3 Å². The van der Waals surface area contributed by atoms with Crippen LogP contribution in [0.3, 0.4) is 0 Å². The third-order valence-electron chi connectivity index (χ3n) is 4.49. The molecule has 1 fully saturated rings. The van der Waals surface area contributed by atoms with Crippen LogP contribution in [0.2, 0.25) is 0 Å². The molecule has 6 heteroatoms. The zero-order valence-corrected chi connectivity index (χ0v) is 13.4. The van der Waals surface area contributed by atoms with E-state index in [0.717, 1.165) is 24.4 Å². The first kappa shape index (κ1) is 15.7. The van der Waals surface area contributed by atoms with Gasteiger partial charge in [0.15, 0.2) is 0 Å². The van der Waals surface area contributed by atoms with Crippen molar-refractivity contribution in [2.45, 2.75) is 32.4 Å². The monoisotopic (exact) mass is 315 g/mol. The maximum absolute atomic E-state index is 12.2. The Morgan fingerprint density at radius 1 is 1.22 bits per heavy atom. The van der Waals surface area contributed by atoms with E-state index in [0.29, 0.717) is 17.2 Å². The minimum atomic E-state index is -0.393. The molecule has 3 amide bonds. The number of benzene rings is 1. The number of nitrogens with one attached hydrogen (secondary N) is 1. The second-order valence-corrected chi connectivity index (χ2v) is 6.38. The van der Waals surface area contributed by atoms with E-state index in [2.05, 4.69) is 24.1 Å². The summed E-state index contributed by atoms with van der Waals surface area (Å²) < 4.78 is 0. The minimum Gasteiger partial charge on any atom is -0.350 e. The number of fused-ring (bicyclic) bond motifs is 1. The van der Waals surface area contributed by atoms with Crippen molar-refractivity contribution >= 4 is 17.7 Å². The second kappa shape index (κ2) is 6.12. The van der Waals surface area contributed by atoms with Gasteiger partial charge in [0.2, 0.25) is 5.91 Å². The molecule has 6 nitrogen and oxygen atoms in total. The first-order valence-corrected chi connectivity index (χ1v) is 7.96. The molecule has 0 spiro atoms. The van der Waals surface area contributed by atoms with Crippen LogP contribution < -0.4 is 5.32 Å². The Kier molecular flexibility index (Phi) is 4.17. The summed E-state index contributed by atoms with van der Waals surface area (Å²) in [5.74, 6) is -1.07. The first-order valence-electron chi connectivity index (χ1n) is 7.96. The van der Waals surface area contributed by atoms with Gasteiger partial charge in [-0.3, -0.25) is 24.2 Å². The molecular weight excluding hydrogens is 294 g/mol. The second-order valence-electron chi connectivity index (χ2n) is 6.38. The van der Waals surface area contributed by atoms with Gasteiger partial charge < -0.3 is 5.32 Å². The predicted molar refractivity (Wildman–Crippen MR) is 85.1 cm³/mol. The van der Waals surface area contributed by atoms with Gasteiger partial charge in [0.05, 0.1) is 11.1 Å². The van der Waals surface area contributed by atoms with Crippen LogP contribution in [0.5, 0.6) is 0 Å². The summed E-state index contributed by atoms with van der Waals surface area (Å²) in [7, 11) is 0. The van der Waals surface area contributed by atoms with E-state index in [-0.39, 0.29) is 18.5 Å². The Bertz CT molecular complexity index is 621. The Balaban J connectivity index is 1.59. The largest absolute Gasteiger partial charge is 0.350 e. The number of hydrogen-bond donors (Lipinski definition) is 1. The van der Waals surface area contributed by atoms with Gasteiger partial charge in [-0.15, -0.1) is 0 Å². The van der Waals surface area contributed by atoms with Gasteiger partial charge in [0.25, 0.3) is 11.8 Å². The standard InChI is InChI=1S/C17H21N3O3/c1-11(2)19-8-7-12(9-19)18-15(21)10-20-16(22)13-5-3-4-6-14(13)17(20)23/h3-6,11-12H,7-10H2,1-2H3,(H,18,21). The molecule has 1 saturated heterocycles. The van der Waals surface area contributed by atoms with Crippen LogP contribution in [0.1, 0.15) is 41.0 Å². The van der Waals surface area contributed by atoms with E-state index >= 15 is 0 Å². The highest BCUT2D eigenvalue weighted by atomic mass is 16.2. The maximum Gasteiger partial charge on any atom is 0.262 e. The molecule has 23 heavy (non-hydrogen) atoms. The maximum atomic E-state index is 12.2. The fraction of sp³-hybridized carbons (Fsp3) is 0.471. The van der Waals surface area contributed by atoms with E-state index in [1.165, 1.54) is 0 Å². The van der Waals surface area contributed by atoms with Gasteiger partial charge in [-0.1, -0.05) is 12.1 Å². The Morgan fingerprint density at radius 2 is 1.83 bits per heavy atom. The van der Waals surface area contributed by atoms with Gasteiger partial charge in [0.1, 0.15) is 6.54 Å². The van der Waals surface area contributed by atoms with Crippen LogP contribution in [0, 0.1) is 0 Å². The molecule has 1 N–H and O–H groups in total. The number of carbonyl (C=O) groups excluding carboxylic acids is 3. The molecule has 1 unspecified atom stereocenters. The normalized spacial score (nSPS) is 21.2. The average molecular weight is 315 g/mol. The molecule has 0 aromatic heterocycles. The molecule has 122 valence electrons. The van der Waals surface area contributed by atoms with Gasteiger partial charge >= 0.3 is 0 Å². The molecular formula is C17H21N3O3. The number of hydrogen-bond acceptors (Lipinski definition) is 4. The fourth-order valence-corrected chi connectivity index (χ4v) is 3.17. The van der Waals surface area contributed by atoms with Crippen molar-refractivity contribution in [3.63, 3.8) is 0 Å². The van der Waals surface area contributed by atoms with E-state index < -0.39 is 11.8 Å². The number of carbonyl (C=O) groups is 3. The fourth-order valence-electron chi connectivity index (χ4n) is 3.17. The summed E-state index contributed by atoms with van der Waals surface area (Å²) in [5, 5.41) is 2.93. The summed E-state index contributed by atoms with van der Waals surface area (Å²) >= 11 is 0. The lowest BCUT2D eigenvalue weighted by Gasteiger charge is -2.21. The molecule has 1 aromatic rings. The third kappa shape index (κ3) is 2.99. The molecule has 2 aliphatic rings. The average Bonchev–Trinajstić information content (AvgIpc) is 3.07. The van der Waals surface area contributed by atoms with Gasteiger partial charge in [0, 0.05) is 25.2 Å². The summed E-state index contributed by atoms with van der Waals surface area (Å²) in [5.41, 5.74) is 0.745. The van der Waals surface area contributed by atoms with E-state index in [4.69, 9.17) is 0 Å². The lowest BCUT2D eigenvalue weighted by Crippen LogP contribution is -2.45. The number of rotatable bonds is 4. The zero-order chi connectivity index (χ0) is 16.6. The topological polar surface area (TPSA) is 69.7 Å². The summed E-state index contributed by atoms with van der Waals surface area (Å²) in [6.45, 7) is 5.80. The highest BCUT2D eigenvalue weighted by Gasteiger charge is 2.36. The van der Waals surface area contributed by atoms with Gasteiger partial charge in [-0.2, -0.15) is 0 Å². The molecule has 2 aliphatic heterocycles. The molecule has 1 aromatic carbocycles. The van der Waals surface area contributed by atoms with Crippen molar-refractivity contribution < 1.29 is 14.4 Å². The molecule has 0 aliphatic carbocycles. The molecule has 2 heterocycles. The van der Waals surface area contributed by atoms with Crippen LogP contribution in [0.4, 0.5) is 0 Å². The van der Waals surface area contributed by atoms with Crippen molar-refractivity contribution in [3.05, 3.63) is 35.4 Å². The lowest BCUT2D eigenvalue weighted by molar-refractivity contribution is -0.122. The lowest BCUT2D eigenvalue weighted by atomic mass is 10.1. The molecule has 3 rings (SSSR count). The van der Waals surface area contributed by atoms with Gasteiger partial charge in [-0.25, -0.2) is 0 Å². The summed E-state index contributed by atoms with van der Waals surface area (Å²) in [6.07, 6.45) is 0.895. The van der Waals surface area contributed by atoms with Crippen LogP contribution in [0.25, 0.3) is 0 Å². The minimum absolute atomic E-state index is 0.0834. The molecule has 0 radical (unpaired) electrons. The molecule has 1 atom stereocenters. The quantitative estimate of drug-likeness (QED) is 0.838. The van der Waals surface area contributed by atoms with Crippen molar-refractivity contribution in [1.82, 2.24) is 15.1 Å². The number of nitrogens with zero attached hydrogens (tertiary/aromatic N) is 2. The Morgan fingerprint density at radius 3 is 2.35 bits per heavy atom. The molecule has 0 saturated carbocycles. The van der Waals surface area contributed by atoms with Gasteiger partial charge in [-0.05, 0) is 32.4 Å². The predicted octanol–water partition coefficient (Wildman–Crippen LogP) is 0.881. The van der Waals surface area contributed by atoms with Crippen molar-refractivity contribution in [1.29, 1.82) is 0 Å². The van der Waals surface area contributed by atoms with Crippen LogP contribution >= 0.6 is 0 Å². The molecule has 0 bridgehead atoms. The summed E-state index contributed by atoms with van der Waals surface area (Å²) in [6, 6.07) is 7.20.